The van der Waals surface area contributed by atoms with Crippen molar-refractivity contribution in [2.75, 3.05) is 61.7 Å². The minimum Gasteiger partial charge on any atom is -0.481 e. The number of ether oxygens (including phenoxy) is 1. The summed E-state index contributed by atoms with van der Waals surface area (Å²) in [5.41, 5.74) is 4.41. The number of pyridine rings is 2. The van der Waals surface area contributed by atoms with Gasteiger partial charge in [-0.25, -0.2) is 4.98 Å². The standard InChI is InChI=1S/C28H27F3N6O/c1-35-17-37(20-5-7-24(22(14-20)28(29,30)31)36-11-9-32-10-12-36)27-21-13-18(3-6-23(21)33-16-25(27)35)19-4-8-26(38-2)34-15-19/h3-8,13-16,32H,9-12,17H2,1-2H3. The monoisotopic (exact) mass is 520 g/mol. The highest BCUT2D eigenvalue weighted by molar-refractivity contribution is 6.04. The van der Waals surface area contributed by atoms with Crippen molar-refractivity contribution >= 4 is 33.7 Å². The topological polar surface area (TPSA) is 56.8 Å². The smallest absolute Gasteiger partial charge is 0.418 e. The van der Waals surface area contributed by atoms with Crippen molar-refractivity contribution in [1.29, 1.82) is 0 Å². The van der Waals surface area contributed by atoms with E-state index in [9.17, 15) is 13.2 Å². The molecular weight excluding hydrogens is 493 g/mol. The fourth-order valence-electron chi connectivity index (χ4n) is 5.25. The van der Waals surface area contributed by atoms with Crippen molar-refractivity contribution < 1.29 is 17.9 Å². The van der Waals surface area contributed by atoms with Crippen molar-refractivity contribution in [1.82, 2.24) is 15.3 Å². The van der Waals surface area contributed by atoms with E-state index >= 15 is 0 Å². The molecule has 1 fully saturated rings. The van der Waals surface area contributed by atoms with Crippen LogP contribution in [-0.4, -0.2) is 57.0 Å². The summed E-state index contributed by atoms with van der Waals surface area (Å²) in [6.07, 6.45) is -0.948. The van der Waals surface area contributed by atoms with Gasteiger partial charge in [0, 0.05) is 67.8 Å². The molecule has 2 aliphatic heterocycles. The first-order valence-electron chi connectivity index (χ1n) is 12.4. The summed E-state index contributed by atoms with van der Waals surface area (Å²) in [5, 5.41) is 4.06. The van der Waals surface area contributed by atoms with Crippen molar-refractivity contribution in [3.63, 3.8) is 0 Å². The summed E-state index contributed by atoms with van der Waals surface area (Å²) < 4.78 is 48.1. The molecule has 0 unspecified atom stereocenters. The van der Waals surface area contributed by atoms with Crippen LogP contribution in [0.1, 0.15) is 5.56 Å². The lowest BCUT2D eigenvalue weighted by Gasteiger charge is -2.32. The number of hydrogen-bond acceptors (Lipinski definition) is 7. The lowest BCUT2D eigenvalue weighted by Crippen LogP contribution is -2.44. The second-order valence-corrected chi connectivity index (χ2v) is 9.52. The van der Waals surface area contributed by atoms with Crippen LogP contribution in [0.4, 0.5) is 35.9 Å². The number of fused-ring (bicyclic) bond motifs is 3. The summed E-state index contributed by atoms with van der Waals surface area (Å²) >= 11 is 0. The molecule has 10 heteroatoms. The van der Waals surface area contributed by atoms with E-state index in [-0.39, 0.29) is 5.69 Å². The quantitative estimate of drug-likeness (QED) is 0.393. The zero-order valence-electron chi connectivity index (χ0n) is 21.1. The molecule has 0 aliphatic carbocycles. The first kappa shape index (κ1) is 24.3. The Morgan fingerprint density at radius 1 is 0.895 bits per heavy atom. The molecule has 2 aromatic carbocycles. The maximum Gasteiger partial charge on any atom is 0.418 e. The number of hydrogen-bond donors (Lipinski definition) is 1. The van der Waals surface area contributed by atoms with Gasteiger partial charge in [-0.2, -0.15) is 13.2 Å². The van der Waals surface area contributed by atoms with E-state index in [1.54, 1.807) is 37.7 Å². The molecule has 7 nitrogen and oxygen atoms in total. The van der Waals surface area contributed by atoms with Crippen LogP contribution in [0, 0.1) is 0 Å². The summed E-state index contributed by atoms with van der Waals surface area (Å²) in [4.78, 5) is 14.7. The molecule has 0 radical (unpaired) electrons. The molecule has 4 heterocycles. The lowest BCUT2D eigenvalue weighted by molar-refractivity contribution is -0.137. The fraction of sp³-hybridized carbons (Fsp3) is 0.286. The zero-order valence-corrected chi connectivity index (χ0v) is 21.1. The largest absolute Gasteiger partial charge is 0.481 e. The van der Waals surface area contributed by atoms with Gasteiger partial charge in [0.1, 0.15) is 0 Å². The van der Waals surface area contributed by atoms with Gasteiger partial charge in [0.2, 0.25) is 5.88 Å². The predicted octanol–water partition coefficient (Wildman–Crippen LogP) is 5.28. The molecule has 0 amide bonds. The average molecular weight is 521 g/mol. The Morgan fingerprint density at radius 2 is 1.68 bits per heavy atom. The van der Waals surface area contributed by atoms with Gasteiger partial charge in [0.25, 0.3) is 0 Å². The van der Waals surface area contributed by atoms with Gasteiger partial charge in [-0.05, 0) is 42.0 Å². The number of halogens is 3. The van der Waals surface area contributed by atoms with Gasteiger partial charge in [0.05, 0.1) is 42.4 Å². The van der Waals surface area contributed by atoms with E-state index in [2.05, 4.69) is 15.3 Å². The van der Waals surface area contributed by atoms with Gasteiger partial charge < -0.3 is 24.8 Å². The second kappa shape index (κ2) is 9.36. The van der Waals surface area contributed by atoms with E-state index in [0.717, 1.165) is 33.4 Å². The number of methoxy groups -OCH3 is 1. The number of piperazine rings is 1. The number of benzene rings is 2. The van der Waals surface area contributed by atoms with E-state index in [1.165, 1.54) is 6.07 Å². The van der Waals surface area contributed by atoms with Crippen LogP contribution in [0.2, 0.25) is 0 Å². The molecular formula is C28H27F3N6O. The van der Waals surface area contributed by atoms with Crippen LogP contribution in [-0.2, 0) is 6.18 Å². The number of nitrogens with one attached hydrogen (secondary N) is 1. The Balaban J connectivity index is 1.46. The predicted molar refractivity (Wildman–Crippen MR) is 143 cm³/mol. The number of anilines is 4. The minimum absolute atomic E-state index is 0.226. The summed E-state index contributed by atoms with van der Waals surface area (Å²) in [5.74, 6) is 0.523. The first-order valence-corrected chi connectivity index (χ1v) is 12.4. The summed E-state index contributed by atoms with van der Waals surface area (Å²) in [6.45, 7) is 2.81. The number of nitrogens with zero attached hydrogens (tertiary/aromatic N) is 5. The highest BCUT2D eigenvalue weighted by Gasteiger charge is 2.37. The molecule has 4 aromatic rings. The van der Waals surface area contributed by atoms with Crippen molar-refractivity contribution in [3.05, 3.63) is 66.5 Å². The molecule has 1 saturated heterocycles. The molecule has 38 heavy (non-hydrogen) atoms. The van der Waals surface area contributed by atoms with Gasteiger partial charge in [-0.1, -0.05) is 6.07 Å². The van der Waals surface area contributed by atoms with Crippen LogP contribution < -0.4 is 24.8 Å². The van der Waals surface area contributed by atoms with E-state index < -0.39 is 11.7 Å². The Bertz CT molecular complexity index is 1480. The van der Waals surface area contributed by atoms with Crippen molar-refractivity contribution in [2.45, 2.75) is 6.18 Å². The molecule has 2 aromatic heterocycles. The normalized spacial score (nSPS) is 15.8. The maximum atomic E-state index is 14.3. The van der Waals surface area contributed by atoms with Crippen molar-refractivity contribution in [2.24, 2.45) is 0 Å². The fourth-order valence-corrected chi connectivity index (χ4v) is 5.25. The molecule has 0 bridgehead atoms. The number of aromatic nitrogens is 2. The maximum absolute atomic E-state index is 14.3. The summed E-state index contributed by atoms with van der Waals surface area (Å²) in [6, 6.07) is 14.3. The van der Waals surface area contributed by atoms with Crippen LogP contribution in [0.3, 0.4) is 0 Å². The second-order valence-electron chi connectivity index (χ2n) is 9.52. The third-order valence-electron chi connectivity index (χ3n) is 7.19. The Hall–Kier alpha value is -4.05. The molecule has 1 N–H and O–H groups in total. The zero-order chi connectivity index (χ0) is 26.4. The van der Waals surface area contributed by atoms with Gasteiger partial charge in [0.15, 0.2) is 0 Å². The number of alkyl halides is 3. The van der Waals surface area contributed by atoms with Crippen molar-refractivity contribution in [3.8, 4) is 17.0 Å². The lowest BCUT2D eigenvalue weighted by atomic mass is 10.0. The van der Waals surface area contributed by atoms with E-state index in [1.807, 2.05) is 46.0 Å². The number of rotatable bonds is 4. The van der Waals surface area contributed by atoms with Crippen LogP contribution in [0.25, 0.3) is 22.0 Å². The first-order chi connectivity index (χ1) is 18.3. The highest BCUT2D eigenvalue weighted by atomic mass is 19.4. The molecule has 2 aliphatic rings. The van der Waals surface area contributed by atoms with E-state index in [0.29, 0.717) is 44.4 Å². The highest BCUT2D eigenvalue weighted by Crippen LogP contribution is 2.47. The van der Waals surface area contributed by atoms with E-state index in [4.69, 9.17) is 4.74 Å². The molecule has 0 atom stereocenters. The Labute approximate surface area is 218 Å². The van der Waals surface area contributed by atoms with Gasteiger partial charge in [-0.3, -0.25) is 4.98 Å². The third kappa shape index (κ3) is 4.24. The molecule has 0 saturated carbocycles. The van der Waals surface area contributed by atoms with Gasteiger partial charge in [-0.15, -0.1) is 0 Å². The van der Waals surface area contributed by atoms with Crippen LogP contribution in [0.15, 0.2) is 60.9 Å². The van der Waals surface area contributed by atoms with Crippen LogP contribution >= 0.6 is 0 Å². The average Bonchev–Trinajstić information content (AvgIpc) is 3.29. The Kier molecular flexibility index (Phi) is 5.98. The SMILES string of the molecule is COc1ccc(-c2ccc3ncc4c(c3c2)N(c2ccc(N3CCNCC3)c(C(F)(F)F)c2)CN4C)cn1. The van der Waals surface area contributed by atoms with Gasteiger partial charge >= 0.3 is 6.18 Å². The summed E-state index contributed by atoms with van der Waals surface area (Å²) in [7, 11) is 3.49. The molecule has 6 rings (SSSR count). The Morgan fingerprint density at radius 3 is 2.39 bits per heavy atom. The molecule has 196 valence electrons. The molecule has 0 spiro atoms. The third-order valence-corrected chi connectivity index (χ3v) is 7.19. The minimum atomic E-state index is -4.47. The van der Waals surface area contributed by atoms with Crippen LogP contribution in [0.5, 0.6) is 5.88 Å².